The number of aromatic nitrogens is 3. The number of ether oxygens (including phenoxy) is 1. The van der Waals surface area contributed by atoms with Gasteiger partial charge in [0.2, 0.25) is 5.91 Å². The molecule has 2 aromatic heterocycles. The summed E-state index contributed by atoms with van der Waals surface area (Å²) in [5.74, 6) is 1.53. The third-order valence-corrected chi connectivity index (χ3v) is 6.29. The zero-order valence-electron chi connectivity index (χ0n) is 17.8. The maximum atomic E-state index is 12.7. The molecule has 1 aliphatic carbocycles. The molecule has 2 unspecified atom stereocenters. The standard InChI is InChI=1S/C23H25N5O3/c1-23(2)22(30)26-21-19(31-23)8-14(11-24-21)4-5-20(29)28-12-16-9-15(10-17(16)13-28)18-6-7-25-27(18)3/h4-9,11,16-17H,10,12-13H2,1-3H3,(H,24,26,30). The van der Waals surface area contributed by atoms with Crippen molar-refractivity contribution in [2.45, 2.75) is 25.9 Å². The number of nitrogens with one attached hydrogen (secondary N) is 1. The van der Waals surface area contributed by atoms with Crippen LogP contribution in [0.1, 0.15) is 31.5 Å². The van der Waals surface area contributed by atoms with Gasteiger partial charge in [-0.3, -0.25) is 14.3 Å². The molecular formula is C23H25N5O3. The molecule has 0 saturated carbocycles. The molecule has 3 aliphatic rings. The molecule has 8 heteroatoms. The van der Waals surface area contributed by atoms with Gasteiger partial charge < -0.3 is 15.0 Å². The number of nitrogens with zero attached hydrogens (tertiary/aromatic N) is 4. The van der Waals surface area contributed by atoms with Gasteiger partial charge in [0.05, 0.1) is 5.69 Å². The van der Waals surface area contributed by atoms with Gasteiger partial charge >= 0.3 is 0 Å². The Morgan fingerprint density at radius 3 is 2.94 bits per heavy atom. The predicted molar refractivity (Wildman–Crippen MR) is 116 cm³/mol. The van der Waals surface area contributed by atoms with Crippen LogP contribution in [0.15, 0.2) is 36.7 Å². The Bertz CT molecular complexity index is 1130. The number of hydrogen-bond donors (Lipinski definition) is 1. The molecule has 0 aromatic carbocycles. The summed E-state index contributed by atoms with van der Waals surface area (Å²) in [6.45, 7) is 4.91. The fraction of sp³-hybridized carbons (Fsp3) is 0.391. The van der Waals surface area contributed by atoms with Crippen LogP contribution in [0.3, 0.4) is 0 Å². The van der Waals surface area contributed by atoms with Crippen molar-refractivity contribution in [1.82, 2.24) is 19.7 Å². The summed E-state index contributed by atoms with van der Waals surface area (Å²) >= 11 is 0. The fourth-order valence-corrected chi connectivity index (χ4v) is 4.54. The van der Waals surface area contributed by atoms with E-state index in [-0.39, 0.29) is 11.8 Å². The average molecular weight is 419 g/mol. The molecule has 2 atom stereocenters. The van der Waals surface area contributed by atoms with E-state index in [0.29, 0.717) is 23.4 Å². The number of anilines is 1. The molecule has 8 nitrogen and oxygen atoms in total. The van der Waals surface area contributed by atoms with E-state index < -0.39 is 5.60 Å². The largest absolute Gasteiger partial charge is 0.474 e. The number of fused-ring (bicyclic) bond motifs is 2. The van der Waals surface area contributed by atoms with Crippen LogP contribution in [0, 0.1) is 11.8 Å². The quantitative estimate of drug-likeness (QED) is 0.772. The fourth-order valence-electron chi connectivity index (χ4n) is 4.54. The predicted octanol–water partition coefficient (Wildman–Crippen LogP) is 2.50. The molecule has 1 N–H and O–H groups in total. The van der Waals surface area contributed by atoms with Crippen molar-refractivity contribution in [3.05, 3.63) is 47.9 Å². The molecule has 160 valence electrons. The molecule has 4 heterocycles. The Hall–Kier alpha value is -3.42. The highest BCUT2D eigenvalue weighted by Crippen LogP contribution is 2.41. The maximum Gasteiger partial charge on any atom is 0.269 e. The van der Waals surface area contributed by atoms with E-state index in [1.165, 1.54) is 5.57 Å². The van der Waals surface area contributed by atoms with E-state index in [4.69, 9.17) is 4.74 Å². The second kappa shape index (κ2) is 7.08. The Morgan fingerprint density at radius 2 is 2.19 bits per heavy atom. The summed E-state index contributed by atoms with van der Waals surface area (Å²) in [4.78, 5) is 30.9. The van der Waals surface area contributed by atoms with Crippen molar-refractivity contribution < 1.29 is 14.3 Å². The maximum absolute atomic E-state index is 12.7. The number of rotatable bonds is 3. The minimum Gasteiger partial charge on any atom is -0.474 e. The summed E-state index contributed by atoms with van der Waals surface area (Å²) in [5, 5.41) is 7.00. The molecule has 0 spiro atoms. The number of carbonyl (C=O) groups is 2. The van der Waals surface area contributed by atoms with Crippen LogP contribution in [0.5, 0.6) is 5.75 Å². The third kappa shape index (κ3) is 3.52. The van der Waals surface area contributed by atoms with Crippen molar-refractivity contribution in [3.8, 4) is 5.75 Å². The number of aryl methyl sites for hydroxylation is 1. The topological polar surface area (TPSA) is 89.3 Å². The zero-order valence-corrected chi connectivity index (χ0v) is 17.8. The minimum absolute atomic E-state index is 0.00263. The summed E-state index contributed by atoms with van der Waals surface area (Å²) < 4.78 is 7.67. The lowest BCUT2D eigenvalue weighted by Crippen LogP contribution is -2.46. The van der Waals surface area contributed by atoms with Gasteiger partial charge in [-0.2, -0.15) is 5.10 Å². The Kier molecular flexibility index (Phi) is 4.46. The molecule has 2 amide bonds. The Balaban J connectivity index is 1.25. The first-order chi connectivity index (χ1) is 14.8. The third-order valence-electron chi connectivity index (χ3n) is 6.29. The van der Waals surface area contributed by atoms with Crippen LogP contribution >= 0.6 is 0 Å². The van der Waals surface area contributed by atoms with Crippen molar-refractivity contribution in [2.24, 2.45) is 18.9 Å². The molecule has 1 fully saturated rings. The Morgan fingerprint density at radius 1 is 1.35 bits per heavy atom. The van der Waals surface area contributed by atoms with Gasteiger partial charge in [0.15, 0.2) is 17.2 Å². The number of hydrogen-bond acceptors (Lipinski definition) is 5. The number of amides is 2. The van der Waals surface area contributed by atoms with Crippen molar-refractivity contribution in [1.29, 1.82) is 0 Å². The summed E-state index contributed by atoms with van der Waals surface area (Å²) in [7, 11) is 1.96. The van der Waals surface area contributed by atoms with Gasteiger partial charge in [0.1, 0.15) is 0 Å². The molecule has 31 heavy (non-hydrogen) atoms. The zero-order chi connectivity index (χ0) is 21.8. The van der Waals surface area contributed by atoms with Crippen LogP contribution in [-0.4, -0.2) is 50.2 Å². The monoisotopic (exact) mass is 419 g/mol. The van der Waals surface area contributed by atoms with Crippen LogP contribution < -0.4 is 10.1 Å². The molecule has 2 aromatic rings. The normalized spacial score (nSPS) is 23.9. The van der Waals surface area contributed by atoms with E-state index >= 15 is 0 Å². The van der Waals surface area contributed by atoms with E-state index in [1.807, 2.05) is 28.9 Å². The number of carbonyl (C=O) groups excluding carboxylic acids is 2. The highest BCUT2D eigenvalue weighted by Gasteiger charge is 2.38. The first kappa shape index (κ1) is 19.5. The van der Waals surface area contributed by atoms with Crippen LogP contribution in [-0.2, 0) is 16.6 Å². The second-order valence-corrected chi connectivity index (χ2v) is 8.92. The lowest BCUT2D eigenvalue weighted by atomic mass is 9.99. The molecular weight excluding hydrogens is 394 g/mol. The Labute approximate surface area is 180 Å². The van der Waals surface area contributed by atoms with E-state index in [2.05, 4.69) is 21.5 Å². The van der Waals surface area contributed by atoms with Gasteiger partial charge in [-0.1, -0.05) is 6.08 Å². The molecule has 0 bridgehead atoms. The SMILES string of the molecule is Cn1nccc1C1=CC2CN(C(=O)C=Cc3cnc4c(c3)OC(C)(C)C(=O)N4)CC2C1. The van der Waals surface area contributed by atoms with Crippen LogP contribution in [0.25, 0.3) is 11.6 Å². The molecule has 5 rings (SSSR count). The summed E-state index contributed by atoms with van der Waals surface area (Å²) in [5.41, 5.74) is 2.28. The number of likely N-dealkylation sites (tertiary alicyclic amines) is 1. The van der Waals surface area contributed by atoms with Gasteiger partial charge in [0.25, 0.3) is 5.91 Å². The summed E-state index contributed by atoms with van der Waals surface area (Å²) in [6.07, 6.45) is 10.0. The van der Waals surface area contributed by atoms with E-state index in [9.17, 15) is 9.59 Å². The molecule has 0 radical (unpaired) electrons. The highest BCUT2D eigenvalue weighted by molar-refractivity contribution is 5.99. The van der Waals surface area contributed by atoms with Gasteiger partial charge in [-0.25, -0.2) is 4.98 Å². The van der Waals surface area contributed by atoms with Crippen LogP contribution in [0.4, 0.5) is 5.82 Å². The van der Waals surface area contributed by atoms with Gasteiger partial charge in [0, 0.05) is 38.6 Å². The lowest BCUT2D eigenvalue weighted by molar-refractivity contribution is -0.129. The van der Waals surface area contributed by atoms with Gasteiger partial charge in [-0.15, -0.1) is 0 Å². The van der Waals surface area contributed by atoms with Crippen LogP contribution in [0.2, 0.25) is 0 Å². The second-order valence-electron chi connectivity index (χ2n) is 8.92. The number of pyridine rings is 1. The van der Waals surface area contributed by atoms with Gasteiger partial charge in [-0.05, 0) is 61.4 Å². The highest BCUT2D eigenvalue weighted by atomic mass is 16.5. The van der Waals surface area contributed by atoms with Crippen molar-refractivity contribution >= 4 is 29.3 Å². The average Bonchev–Trinajstić information content (AvgIpc) is 3.41. The lowest BCUT2D eigenvalue weighted by Gasteiger charge is -2.30. The van der Waals surface area contributed by atoms with Crippen molar-refractivity contribution in [3.63, 3.8) is 0 Å². The van der Waals surface area contributed by atoms with Crippen molar-refractivity contribution in [2.75, 3.05) is 18.4 Å². The smallest absolute Gasteiger partial charge is 0.269 e. The van der Waals surface area contributed by atoms with E-state index in [0.717, 1.165) is 30.8 Å². The molecule has 2 aliphatic heterocycles. The number of allylic oxidation sites excluding steroid dienone is 1. The molecule has 1 saturated heterocycles. The van der Waals surface area contributed by atoms with E-state index in [1.54, 1.807) is 38.3 Å². The minimum atomic E-state index is -0.956. The first-order valence-corrected chi connectivity index (χ1v) is 10.5. The first-order valence-electron chi connectivity index (χ1n) is 10.5. The summed E-state index contributed by atoms with van der Waals surface area (Å²) in [6, 6.07) is 3.83.